The summed E-state index contributed by atoms with van der Waals surface area (Å²) in [5.74, 6) is 0. The number of hydrogen-bond donors (Lipinski definition) is 1. The van der Waals surface area contributed by atoms with E-state index in [2.05, 4.69) is 0 Å². The molecule has 108 valence electrons. The third-order valence-electron chi connectivity index (χ3n) is 3.09. The molecule has 0 aliphatic carbocycles. The zero-order valence-corrected chi connectivity index (χ0v) is 12.6. The smallest absolute Gasteiger partial charge is 0.159 e. The first-order valence-electron chi connectivity index (χ1n) is 6.20. The summed E-state index contributed by atoms with van der Waals surface area (Å²) in [6.45, 7) is 3.75. The number of hydrogen-bond acceptors (Lipinski definition) is 4. The Bertz CT molecular complexity index is 400. The van der Waals surface area contributed by atoms with Crippen molar-refractivity contribution in [1.29, 1.82) is 0 Å². The summed E-state index contributed by atoms with van der Waals surface area (Å²) in [7, 11) is 1.78. The van der Waals surface area contributed by atoms with Crippen molar-refractivity contribution in [2.75, 3.05) is 14.2 Å². The molecular weight excluding hydrogens is 264 g/mol. The molecule has 0 bridgehead atoms. The topological polar surface area (TPSA) is 55.8 Å². The Morgan fingerprint density at radius 1 is 1.21 bits per heavy atom. The summed E-state index contributed by atoms with van der Waals surface area (Å²) in [6.07, 6.45) is -0.925. The number of aliphatic hydroxyl groups excluding tert-OH is 1. The normalized spacial score (nSPS) is 16.3. The van der Waals surface area contributed by atoms with Gasteiger partial charge in [-0.1, -0.05) is 17.7 Å². The fraction of sp³-hybridized carbons (Fsp3) is 0.571. The van der Waals surface area contributed by atoms with Crippen LogP contribution in [0.4, 0.5) is 0 Å². The molecule has 0 aliphatic rings. The zero-order chi connectivity index (χ0) is 14.4. The molecule has 19 heavy (non-hydrogen) atoms. The van der Waals surface area contributed by atoms with Crippen molar-refractivity contribution in [3.05, 3.63) is 29.8 Å². The highest BCUT2D eigenvalue weighted by molar-refractivity contribution is 7.85. The van der Waals surface area contributed by atoms with E-state index >= 15 is 0 Å². The Labute approximate surface area is 117 Å². The van der Waals surface area contributed by atoms with Crippen molar-refractivity contribution in [1.82, 2.24) is 0 Å². The standard InChI is InChI=1S/C14H22O4S/c1-10-5-7-12(8-6-10)19(16)11(2)13(15)9-14(17-3)18-4/h5-8,11,13-15H,9H2,1-4H3/t11-,13-,19?/m0/s1. The van der Waals surface area contributed by atoms with E-state index < -0.39 is 23.2 Å². The number of benzene rings is 1. The second-order valence-electron chi connectivity index (χ2n) is 4.52. The molecule has 1 aromatic rings. The maximum atomic E-state index is 12.3. The van der Waals surface area contributed by atoms with Crippen LogP contribution in [0.25, 0.3) is 0 Å². The van der Waals surface area contributed by atoms with E-state index in [9.17, 15) is 9.32 Å². The summed E-state index contributed by atoms with van der Waals surface area (Å²) in [5.41, 5.74) is 1.12. The highest BCUT2D eigenvalue weighted by Crippen LogP contribution is 2.17. The van der Waals surface area contributed by atoms with Crippen molar-refractivity contribution < 1.29 is 18.8 Å². The predicted molar refractivity (Wildman–Crippen MR) is 75.5 cm³/mol. The Hall–Kier alpha value is -0.750. The van der Waals surface area contributed by atoms with Crippen LogP contribution in [0.5, 0.6) is 0 Å². The molecule has 0 aromatic heterocycles. The van der Waals surface area contributed by atoms with E-state index in [0.717, 1.165) is 10.5 Å². The molecule has 0 fully saturated rings. The molecule has 1 rings (SSSR count). The van der Waals surface area contributed by atoms with Gasteiger partial charge in [0.05, 0.1) is 22.2 Å². The Balaban J connectivity index is 2.68. The first-order chi connectivity index (χ1) is 8.99. The first kappa shape index (κ1) is 16.3. The van der Waals surface area contributed by atoms with Crippen LogP contribution in [-0.4, -0.2) is 41.2 Å². The predicted octanol–water partition coefficient (Wildman–Crippen LogP) is 1.86. The summed E-state index contributed by atoms with van der Waals surface area (Å²) < 4.78 is 22.4. The molecule has 1 N–H and O–H groups in total. The lowest BCUT2D eigenvalue weighted by molar-refractivity contribution is -0.122. The number of rotatable bonds is 7. The van der Waals surface area contributed by atoms with Gasteiger partial charge in [-0.3, -0.25) is 4.21 Å². The van der Waals surface area contributed by atoms with Crippen LogP contribution in [0.3, 0.4) is 0 Å². The molecule has 0 saturated heterocycles. The maximum absolute atomic E-state index is 12.3. The van der Waals surface area contributed by atoms with Crippen LogP contribution in [-0.2, 0) is 20.3 Å². The lowest BCUT2D eigenvalue weighted by Gasteiger charge is -2.22. The van der Waals surface area contributed by atoms with Crippen LogP contribution in [0.1, 0.15) is 18.9 Å². The number of aryl methyl sites for hydroxylation is 1. The third-order valence-corrected chi connectivity index (χ3v) is 4.82. The molecule has 0 radical (unpaired) electrons. The van der Waals surface area contributed by atoms with Gasteiger partial charge in [0.1, 0.15) is 0 Å². The minimum atomic E-state index is -1.25. The Morgan fingerprint density at radius 2 is 1.74 bits per heavy atom. The molecule has 3 atom stereocenters. The molecule has 0 aliphatic heterocycles. The summed E-state index contributed by atoms with van der Waals surface area (Å²) >= 11 is 0. The highest BCUT2D eigenvalue weighted by atomic mass is 32.2. The molecule has 0 amide bonds. The van der Waals surface area contributed by atoms with Gasteiger partial charge in [-0.15, -0.1) is 0 Å². The molecule has 0 heterocycles. The Morgan fingerprint density at radius 3 is 2.21 bits per heavy atom. The van der Waals surface area contributed by atoms with E-state index in [0.29, 0.717) is 6.42 Å². The summed E-state index contributed by atoms with van der Waals surface area (Å²) in [5, 5.41) is 9.70. The molecule has 1 unspecified atom stereocenters. The van der Waals surface area contributed by atoms with Gasteiger partial charge in [0.25, 0.3) is 0 Å². The van der Waals surface area contributed by atoms with Gasteiger partial charge >= 0.3 is 0 Å². The SMILES string of the molecule is COC(C[C@H](O)[C@H](C)S(=O)c1ccc(C)cc1)OC. The van der Waals surface area contributed by atoms with E-state index in [4.69, 9.17) is 9.47 Å². The second kappa shape index (κ2) is 7.75. The van der Waals surface area contributed by atoms with Crippen molar-refractivity contribution >= 4 is 10.8 Å². The average molecular weight is 286 g/mol. The lowest BCUT2D eigenvalue weighted by Crippen LogP contribution is -2.32. The van der Waals surface area contributed by atoms with Crippen molar-refractivity contribution in [2.24, 2.45) is 0 Å². The summed E-state index contributed by atoms with van der Waals surface area (Å²) in [4.78, 5) is 0.725. The van der Waals surface area contributed by atoms with Crippen molar-refractivity contribution in [3.63, 3.8) is 0 Å². The number of aliphatic hydroxyl groups is 1. The van der Waals surface area contributed by atoms with Crippen LogP contribution < -0.4 is 0 Å². The molecule has 1 aromatic carbocycles. The van der Waals surface area contributed by atoms with Crippen LogP contribution in [0.2, 0.25) is 0 Å². The quantitative estimate of drug-likeness (QED) is 0.777. The fourth-order valence-corrected chi connectivity index (χ4v) is 2.94. The average Bonchev–Trinajstić information content (AvgIpc) is 2.43. The minimum absolute atomic E-state index is 0.297. The molecule has 5 heteroatoms. The van der Waals surface area contributed by atoms with Gasteiger partial charge in [0.15, 0.2) is 6.29 Å². The van der Waals surface area contributed by atoms with Crippen LogP contribution >= 0.6 is 0 Å². The Kier molecular flexibility index (Phi) is 6.65. The van der Waals surface area contributed by atoms with Crippen LogP contribution in [0.15, 0.2) is 29.2 Å². The van der Waals surface area contributed by atoms with Gasteiger partial charge in [0, 0.05) is 25.5 Å². The lowest BCUT2D eigenvalue weighted by atomic mass is 10.2. The highest BCUT2D eigenvalue weighted by Gasteiger charge is 2.25. The minimum Gasteiger partial charge on any atom is -0.392 e. The molecule has 0 saturated carbocycles. The van der Waals surface area contributed by atoms with E-state index in [-0.39, 0.29) is 5.25 Å². The van der Waals surface area contributed by atoms with Gasteiger partial charge in [0.2, 0.25) is 0 Å². The monoisotopic (exact) mass is 286 g/mol. The first-order valence-corrected chi connectivity index (χ1v) is 7.41. The van der Waals surface area contributed by atoms with Crippen molar-refractivity contribution in [2.45, 2.75) is 42.8 Å². The van der Waals surface area contributed by atoms with E-state index in [1.165, 1.54) is 14.2 Å². The second-order valence-corrected chi connectivity index (χ2v) is 6.33. The van der Waals surface area contributed by atoms with Crippen LogP contribution in [0, 0.1) is 6.92 Å². The summed E-state index contributed by atoms with van der Waals surface area (Å²) in [6, 6.07) is 7.50. The maximum Gasteiger partial charge on any atom is 0.159 e. The zero-order valence-electron chi connectivity index (χ0n) is 11.8. The van der Waals surface area contributed by atoms with Gasteiger partial charge in [-0.25, -0.2) is 0 Å². The largest absolute Gasteiger partial charge is 0.392 e. The van der Waals surface area contributed by atoms with Gasteiger partial charge in [-0.2, -0.15) is 0 Å². The molecular formula is C14H22O4S. The number of ether oxygens (including phenoxy) is 2. The number of methoxy groups -OCH3 is 2. The van der Waals surface area contributed by atoms with Gasteiger partial charge in [-0.05, 0) is 26.0 Å². The molecule has 0 spiro atoms. The third kappa shape index (κ3) is 4.69. The fourth-order valence-electron chi connectivity index (χ4n) is 1.71. The van der Waals surface area contributed by atoms with Crippen molar-refractivity contribution in [3.8, 4) is 0 Å². The van der Waals surface area contributed by atoms with E-state index in [1.807, 2.05) is 31.2 Å². The van der Waals surface area contributed by atoms with E-state index in [1.54, 1.807) is 6.92 Å². The molecule has 4 nitrogen and oxygen atoms in total. The van der Waals surface area contributed by atoms with Gasteiger partial charge < -0.3 is 14.6 Å².